The van der Waals surface area contributed by atoms with Gasteiger partial charge < -0.3 is 0 Å². The largest absolute Gasteiger partial charge is 0.295 e. The van der Waals surface area contributed by atoms with Crippen LogP contribution in [0.2, 0.25) is 0 Å². The summed E-state index contributed by atoms with van der Waals surface area (Å²) < 4.78 is 26.0. The predicted octanol–water partition coefficient (Wildman–Crippen LogP) is 3.65. The van der Waals surface area contributed by atoms with Crippen LogP contribution < -0.4 is 0 Å². The van der Waals surface area contributed by atoms with E-state index < -0.39 is 11.8 Å². The number of Topliss-reactive ketones (excluding diaryl/α,β-unsaturated/α-hetero) is 1. The first-order valence-electron chi connectivity index (χ1n) is 4.81. The smallest absolute Gasteiger partial charge is 0.251 e. The first-order valence-corrected chi connectivity index (χ1v) is 4.81. The highest BCUT2D eigenvalue weighted by Gasteiger charge is 2.31. The fraction of sp³-hybridized carbons (Fsp3) is 0.417. The number of ketones is 1. The average Bonchev–Trinajstić information content (AvgIpc) is 2.15. The Morgan fingerprint density at radius 1 is 1.27 bits per heavy atom. The minimum Gasteiger partial charge on any atom is -0.295 e. The topological polar surface area (TPSA) is 17.1 Å². The Morgan fingerprint density at radius 2 is 1.73 bits per heavy atom. The summed E-state index contributed by atoms with van der Waals surface area (Å²) in [5, 5.41) is 0. The maximum absolute atomic E-state index is 13.0. The Kier molecular flexibility index (Phi) is 3.22. The molecular weight excluding hydrogens is 198 g/mol. The standard InChI is InChI=1S/C12H14F2O/c1-8(12(3,13)14)10-4-6-11(7-5-10)9(2)15/h4-8H,1-3H3/t8-/m1/s1. The maximum atomic E-state index is 13.0. The lowest BCUT2D eigenvalue weighted by molar-refractivity contribution is -0.00222. The summed E-state index contributed by atoms with van der Waals surface area (Å²) in [4.78, 5) is 11.0. The monoisotopic (exact) mass is 212 g/mol. The number of halogens is 2. The fourth-order valence-electron chi connectivity index (χ4n) is 1.30. The summed E-state index contributed by atoms with van der Waals surface area (Å²) in [7, 11) is 0. The summed E-state index contributed by atoms with van der Waals surface area (Å²) in [6.07, 6.45) is 0. The number of alkyl halides is 2. The second kappa shape index (κ2) is 4.09. The van der Waals surface area contributed by atoms with Crippen LogP contribution in [0, 0.1) is 0 Å². The molecule has 0 bridgehead atoms. The Bertz CT molecular complexity index is 349. The molecule has 1 rings (SSSR count). The zero-order valence-corrected chi connectivity index (χ0v) is 9.05. The summed E-state index contributed by atoms with van der Waals surface area (Å²) >= 11 is 0. The molecule has 1 aromatic carbocycles. The van der Waals surface area contributed by atoms with Gasteiger partial charge in [-0.1, -0.05) is 31.2 Å². The van der Waals surface area contributed by atoms with Gasteiger partial charge in [0, 0.05) is 11.5 Å². The summed E-state index contributed by atoms with van der Waals surface area (Å²) in [5.41, 5.74) is 1.10. The van der Waals surface area contributed by atoms with Gasteiger partial charge in [-0.15, -0.1) is 0 Å². The van der Waals surface area contributed by atoms with Crippen molar-refractivity contribution < 1.29 is 13.6 Å². The SMILES string of the molecule is CC(=O)c1ccc([C@@H](C)C(C)(F)F)cc1. The molecule has 0 aromatic heterocycles. The normalized spacial score (nSPS) is 13.7. The van der Waals surface area contributed by atoms with Crippen LogP contribution in [-0.4, -0.2) is 11.7 Å². The molecule has 0 N–H and O–H groups in total. The van der Waals surface area contributed by atoms with Gasteiger partial charge in [0.15, 0.2) is 5.78 Å². The van der Waals surface area contributed by atoms with Crippen LogP contribution in [0.15, 0.2) is 24.3 Å². The highest BCUT2D eigenvalue weighted by molar-refractivity contribution is 5.94. The summed E-state index contributed by atoms with van der Waals surface area (Å²) in [6, 6.07) is 6.33. The molecule has 0 spiro atoms. The number of hydrogen-bond donors (Lipinski definition) is 0. The Labute approximate surface area is 88.1 Å². The molecule has 1 aromatic rings. The van der Waals surface area contributed by atoms with E-state index in [-0.39, 0.29) is 5.78 Å². The van der Waals surface area contributed by atoms with Gasteiger partial charge >= 0.3 is 0 Å². The molecule has 0 radical (unpaired) electrons. The van der Waals surface area contributed by atoms with E-state index in [1.807, 2.05) is 0 Å². The van der Waals surface area contributed by atoms with Crippen molar-refractivity contribution >= 4 is 5.78 Å². The molecule has 0 amide bonds. The number of hydrogen-bond acceptors (Lipinski definition) is 1. The molecule has 0 aliphatic rings. The lowest BCUT2D eigenvalue weighted by atomic mass is 9.94. The van der Waals surface area contributed by atoms with Gasteiger partial charge in [-0.2, -0.15) is 0 Å². The van der Waals surface area contributed by atoms with Crippen LogP contribution in [0.1, 0.15) is 42.6 Å². The lowest BCUT2D eigenvalue weighted by Crippen LogP contribution is -2.19. The number of carbonyl (C=O) groups is 1. The maximum Gasteiger partial charge on any atom is 0.251 e. The average molecular weight is 212 g/mol. The van der Waals surface area contributed by atoms with E-state index in [4.69, 9.17) is 0 Å². The van der Waals surface area contributed by atoms with E-state index >= 15 is 0 Å². The molecule has 0 heterocycles. The highest BCUT2D eigenvalue weighted by Crippen LogP contribution is 2.32. The van der Waals surface area contributed by atoms with Crippen LogP contribution in [0.5, 0.6) is 0 Å². The minimum atomic E-state index is -2.74. The summed E-state index contributed by atoms with van der Waals surface area (Å²) in [6.45, 7) is 3.83. The summed E-state index contributed by atoms with van der Waals surface area (Å²) in [5.74, 6) is -3.63. The third kappa shape index (κ3) is 2.85. The van der Waals surface area contributed by atoms with E-state index in [1.54, 1.807) is 24.3 Å². The molecule has 82 valence electrons. The van der Waals surface area contributed by atoms with E-state index in [1.165, 1.54) is 13.8 Å². The van der Waals surface area contributed by atoms with Crippen LogP contribution in [0.4, 0.5) is 8.78 Å². The van der Waals surface area contributed by atoms with Crippen molar-refractivity contribution in [1.29, 1.82) is 0 Å². The van der Waals surface area contributed by atoms with E-state index in [0.717, 1.165) is 6.92 Å². The van der Waals surface area contributed by atoms with Crippen molar-refractivity contribution in [2.45, 2.75) is 32.6 Å². The molecule has 3 heteroatoms. The van der Waals surface area contributed by atoms with Gasteiger partial charge in [0.25, 0.3) is 5.92 Å². The highest BCUT2D eigenvalue weighted by atomic mass is 19.3. The van der Waals surface area contributed by atoms with Crippen molar-refractivity contribution in [3.05, 3.63) is 35.4 Å². The van der Waals surface area contributed by atoms with Gasteiger partial charge in [-0.05, 0) is 19.4 Å². The van der Waals surface area contributed by atoms with Gasteiger partial charge in [0.05, 0.1) is 0 Å². The van der Waals surface area contributed by atoms with Gasteiger partial charge in [0.1, 0.15) is 0 Å². The van der Waals surface area contributed by atoms with E-state index in [0.29, 0.717) is 11.1 Å². The minimum absolute atomic E-state index is 0.0579. The van der Waals surface area contributed by atoms with Crippen LogP contribution in [0.25, 0.3) is 0 Å². The molecule has 1 nitrogen and oxygen atoms in total. The van der Waals surface area contributed by atoms with Crippen molar-refractivity contribution in [2.75, 3.05) is 0 Å². The predicted molar refractivity (Wildman–Crippen MR) is 55.5 cm³/mol. The Balaban J connectivity index is 2.94. The number of benzene rings is 1. The molecule has 0 aliphatic carbocycles. The lowest BCUT2D eigenvalue weighted by Gasteiger charge is -2.19. The number of carbonyl (C=O) groups excluding carboxylic acids is 1. The molecule has 0 saturated carbocycles. The van der Waals surface area contributed by atoms with Crippen LogP contribution in [-0.2, 0) is 0 Å². The first kappa shape index (κ1) is 11.8. The van der Waals surface area contributed by atoms with Crippen LogP contribution >= 0.6 is 0 Å². The molecule has 0 saturated heterocycles. The van der Waals surface area contributed by atoms with Crippen LogP contribution in [0.3, 0.4) is 0 Å². The number of rotatable bonds is 3. The molecule has 0 fully saturated rings. The molecule has 0 aliphatic heterocycles. The Hall–Kier alpha value is -1.25. The van der Waals surface area contributed by atoms with Gasteiger partial charge in [0.2, 0.25) is 0 Å². The van der Waals surface area contributed by atoms with E-state index in [9.17, 15) is 13.6 Å². The zero-order chi connectivity index (χ0) is 11.6. The Morgan fingerprint density at radius 3 is 2.07 bits per heavy atom. The van der Waals surface area contributed by atoms with Crippen molar-refractivity contribution in [2.24, 2.45) is 0 Å². The van der Waals surface area contributed by atoms with Gasteiger partial charge in [-0.3, -0.25) is 4.79 Å². The zero-order valence-electron chi connectivity index (χ0n) is 9.05. The van der Waals surface area contributed by atoms with Gasteiger partial charge in [-0.25, -0.2) is 8.78 Å². The molecule has 15 heavy (non-hydrogen) atoms. The second-order valence-corrected chi connectivity index (χ2v) is 3.86. The molecule has 0 unspecified atom stereocenters. The van der Waals surface area contributed by atoms with Crippen molar-refractivity contribution in [3.63, 3.8) is 0 Å². The third-order valence-electron chi connectivity index (χ3n) is 2.58. The fourth-order valence-corrected chi connectivity index (χ4v) is 1.30. The van der Waals surface area contributed by atoms with E-state index in [2.05, 4.69) is 0 Å². The van der Waals surface area contributed by atoms with Crippen molar-refractivity contribution in [3.8, 4) is 0 Å². The first-order chi connectivity index (χ1) is 6.82. The third-order valence-corrected chi connectivity index (χ3v) is 2.58. The van der Waals surface area contributed by atoms with Crippen molar-refractivity contribution in [1.82, 2.24) is 0 Å². The molecule has 1 atom stereocenters. The quantitative estimate of drug-likeness (QED) is 0.699. The second-order valence-electron chi connectivity index (χ2n) is 3.86. The molecular formula is C12H14F2O.